The van der Waals surface area contributed by atoms with Gasteiger partial charge in [0, 0.05) is 5.33 Å². The first-order chi connectivity index (χ1) is 4.33. The summed E-state index contributed by atoms with van der Waals surface area (Å²) in [5.74, 6) is 0. The van der Waals surface area contributed by atoms with Crippen LogP contribution in [0.2, 0.25) is 0 Å². The predicted molar refractivity (Wildman–Crippen MR) is 58.6 cm³/mol. The molecule has 3 heteroatoms. The van der Waals surface area contributed by atoms with E-state index in [-0.39, 0.29) is 17.0 Å². The Morgan fingerprint density at radius 2 is 1.60 bits per heavy atom. The molecule has 0 aliphatic rings. The molecular weight excluding hydrogens is 258 g/mol. The molecule has 0 spiro atoms. The van der Waals surface area contributed by atoms with E-state index in [4.69, 9.17) is 0 Å². The summed E-state index contributed by atoms with van der Waals surface area (Å²) in [7, 11) is 3.75. The Bertz CT molecular complexity index is 30.8. The number of unbranched alkanes of at least 4 members (excludes halogenated alkanes) is 2. The molecule has 0 unspecified atom stereocenters. The summed E-state index contributed by atoms with van der Waals surface area (Å²) in [4.78, 5) is 0. The van der Waals surface area contributed by atoms with Crippen LogP contribution in [0.1, 0.15) is 26.2 Å². The van der Waals surface area contributed by atoms with Crippen LogP contribution in [0.25, 0.3) is 0 Å². The monoisotopic (exact) mass is 275 g/mol. The zero-order valence-electron chi connectivity index (χ0n) is 7.11. The van der Waals surface area contributed by atoms with Gasteiger partial charge < -0.3 is 5.32 Å². The molecule has 10 heavy (non-hydrogen) atoms. The van der Waals surface area contributed by atoms with Gasteiger partial charge in [-0.3, -0.25) is 0 Å². The lowest BCUT2D eigenvalue weighted by Gasteiger charge is -1.85. The number of alkyl halides is 1. The Hall–Kier alpha value is 0.920. The van der Waals surface area contributed by atoms with Crippen molar-refractivity contribution in [1.82, 2.24) is 5.32 Å². The van der Waals surface area contributed by atoms with Gasteiger partial charge in [0.1, 0.15) is 0 Å². The van der Waals surface area contributed by atoms with Gasteiger partial charge in [0.25, 0.3) is 0 Å². The number of halogens is 2. The van der Waals surface area contributed by atoms with E-state index < -0.39 is 0 Å². The van der Waals surface area contributed by atoms with Gasteiger partial charge >= 0.3 is 0 Å². The summed E-state index contributed by atoms with van der Waals surface area (Å²) in [6.45, 7) is 2.21. The van der Waals surface area contributed by atoms with Crippen LogP contribution in [0.15, 0.2) is 0 Å². The van der Waals surface area contributed by atoms with Crippen LogP contribution >= 0.6 is 32.9 Å². The van der Waals surface area contributed by atoms with Gasteiger partial charge in [0.05, 0.1) is 0 Å². The van der Waals surface area contributed by atoms with Gasteiger partial charge in [0.2, 0.25) is 0 Å². The van der Waals surface area contributed by atoms with Crippen molar-refractivity contribution in [3.8, 4) is 0 Å². The molecule has 0 saturated carbocycles. The van der Waals surface area contributed by atoms with Gasteiger partial charge in [0.15, 0.2) is 0 Å². The SMILES string of the molecule is Br.CCCCCBr.CNC. The molecule has 66 valence electrons. The molecule has 0 aliphatic carbocycles. The van der Waals surface area contributed by atoms with Crippen molar-refractivity contribution in [2.24, 2.45) is 0 Å². The highest BCUT2D eigenvalue weighted by Crippen LogP contribution is 1.95. The summed E-state index contributed by atoms with van der Waals surface area (Å²) in [6.07, 6.45) is 4.02. The first-order valence-electron chi connectivity index (χ1n) is 3.47. The second kappa shape index (κ2) is 22.5. The first kappa shape index (κ1) is 17.1. The lowest BCUT2D eigenvalue weighted by molar-refractivity contribution is 0.781. The normalized spacial score (nSPS) is 7.20. The second-order valence-electron chi connectivity index (χ2n) is 1.90. The zero-order chi connectivity index (χ0) is 7.54. The van der Waals surface area contributed by atoms with E-state index in [2.05, 4.69) is 28.2 Å². The average Bonchev–Trinajstić information content (AvgIpc) is 1.86. The van der Waals surface area contributed by atoms with Crippen LogP contribution in [0.4, 0.5) is 0 Å². The largest absolute Gasteiger partial charge is 0.323 e. The van der Waals surface area contributed by atoms with E-state index >= 15 is 0 Å². The van der Waals surface area contributed by atoms with Crippen molar-refractivity contribution in [2.75, 3.05) is 19.4 Å². The fraction of sp³-hybridized carbons (Fsp3) is 1.00. The lowest BCUT2D eigenvalue weighted by atomic mass is 10.3. The molecule has 0 aromatic heterocycles. The van der Waals surface area contributed by atoms with Gasteiger partial charge in [-0.15, -0.1) is 17.0 Å². The topological polar surface area (TPSA) is 12.0 Å². The van der Waals surface area contributed by atoms with Crippen LogP contribution in [-0.4, -0.2) is 19.4 Å². The molecule has 0 atom stereocenters. The smallest absolute Gasteiger partial charge is 0.00313 e. The quantitative estimate of drug-likeness (QED) is 0.617. The molecule has 0 rings (SSSR count). The molecule has 0 fully saturated rings. The molecule has 0 aliphatic heterocycles. The van der Waals surface area contributed by atoms with Crippen molar-refractivity contribution >= 4 is 32.9 Å². The highest BCUT2D eigenvalue weighted by atomic mass is 79.9. The minimum absolute atomic E-state index is 0. The average molecular weight is 277 g/mol. The van der Waals surface area contributed by atoms with Crippen molar-refractivity contribution in [2.45, 2.75) is 26.2 Å². The Balaban J connectivity index is -0.000000107. The van der Waals surface area contributed by atoms with Gasteiger partial charge in [-0.1, -0.05) is 35.7 Å². The number of rotatable bonds is 3. The van der Waals surface area contributed by atoms with E-state index in [1.54, 1.807) is 0 Å². The lowest BCUT2D eigenvalue weighted by Crippen LogP contribution is -1.89. The fourth-order valence-corrected chi connectivity index (χ4v) is 0.741. The number of nitrogens with one attached hydrogen (secondary N) is 1. The number of hydrogen-bond acceptors (Lipinski definition) is 1. The standard InChI is InChI=1S/C5H11Br.C2H7N.BrH/c1-2-3-4-5-6;1-3-2;/h2-5H2,1H3;3H,1-2H3;1H. The molecule has 0 aromatic rings. The third-order valence-electron chi connectivity index (χ3n) is 0.737. The molecule has 1 N–H and O–H groups in total. The summed E-state index contributed by atoms with van der Waals surface area (Å²) >= 11 is 3.35. The Morgan fingerprint density at radius 3 is 1.70 bits per heavy atom. The molecule has 0 bridgehead atoms. The van der Waals surface area contributed by atoms with E-state index in [1.165, 1.54) is 24.6 Å². The maximum atomic E-state index is 3.35. The third-order valence-corrected chi connectivity index (χ3v) is 1.30. The van der Waals surface area contributed by atoms with Gasteiger partial charge in [-0.05, 0) is 20.5 Å². The van der Waals surface area contributed by atoms with E-state index in [0.29, 0.717) is 0 Å². The van der Waals surface area contributed by atoms with Gasteiger partial charge in [-0.2, -0.15) is 0 Å². The van der Waals surface area contributed by atoms with E-state index in [1.807, 2.05) is 14.1 Å². The Morgan fingerprint density at radius 1 is 1.20 bits per heavy atom. The summed E-state index contributed by atoms with van der Waals surface area (Å²) < 4.78 is 0. The highest BCUT2D eigenvalue weighted by molar-refractivity contribution is 9.09. The highest BCUT2D eigenvalue weighted by Gasteiger charge is 1.76. The summed E-state index contributed by atoms with van der Waals surface area (Å²) in [6, 6.07) is 0. The minimum atomic E-state index is 0. The van der Waals surface area contributed by atoms with Crippen LogP contribution in [-0.2, 0) is 0 Å². The van der Waals surface area contributed by atoms with Crippen LogP contribution in [0, 0.1) is 0 Å². The Kier molecular flexibility index (Phi) is 38.6. The zero-order valence-corrected chi connectivity index (χ0v) is 10.4. The minimum Gasteiger partial charge on any atom is -0.323 e. The van der Waals surface area contributed by atoms with Crippen LogP contribution in [0.3, 0.4) is 0 Å². The molecule has 0 aromatic carbocycles. The summed E-state index contributed by atoms with van der Waals surface area (Å²) in [5, 5.41) is 3.92. The maximum absolute atomic E-state index is 3.35. The molecular formula is C7H19Br2N. The van der Waals surface area contributed by atoms with Crippen molar-refractivity contribution in [3.63, 3.8) is 0 Å². The molecule has 0 amide bonds. The molecule has 0 heterocycles. The predicted octanol–water partition coefficient (Wildman–Crippen LogP) is 2.99. The molecule has 0 saturated heterocycles. The number of hydrogen-bond donors (Lipinski definition) is 1. The second-order valence-corrected chi connectivity index (χ2v) is 2.69. The van der Waals surface area contributed by atoms with Crippen molar-refractivity contribution in [1.29, 1.82) is 0 Å². The van der Waals surface area contributed by atoms with Crippen molar-refractivity contribution in [3.05, 3.63) is 0 Å². The van der Waals surface area contributed by atoms with Crippen molar-refractivity contribution < 1.29 is 0 Å². The van der Waals surface area contributed by atoms with Crippen LogP contribution in [0.5, 0.6) is 0 Å². The third kappa shape index (κ3) is 36.4. The fourth-order valence-electron chi connectivity index (χ4n) is 0.344. The summed E-state index contributed by atoms with van der Waals surface area (Å²) in [5.41, 5.74) is 0. The molecule has 0 radical (unpaired) electrons. The maximum Gasteiger partial charge on any atom is 0.00313 e. The Labute approximate surface area is 83.9 Å². The van der Waals surface area contributed by atoms with E-state index in [9.17, 15) is 0 Å². The van der Waals surface area contributed by atoms with E-state index in [0.717, 1.165) is 0 Å². The van der Waals surface area contributed by atoms with Crippen LogP contribution < -0.4 is 5.32 Å². The first-order valence-corrected chi connectivity index (χ1v) is 4.60. The van der Waals surface area contributed by atoms with Gasteiger partial charge in [-0.25, -0.2) is 0 Å². The molecule has 1 nitrogen and oxygen atoms in total.